The van der Waals surface area contributed by atoms with E-state index in [0.717, 1.165) is 12.8 Å². The van der Waals surface area contributed by atoms with Crippen LogP contribution in [0.15, 0.2) is 6.33 Å². The highest BCUT2D eigenvalue weighted by molar-refractivity contribution is 5.83. The van der Waals surface area contributed by atoms with E-state index in [4.69, 9.17) is 19.9 Å². The van der Waals surface area contributed by atoms with Crippen LogP contribution in [0, 0.1) is 23.7 Å². The molecule has 4 atom stereocenters. The van der Waals surface area contributed by atoms with Gasteiger partial charge in [-0.05, 0) is 37.5 Å². The van der Waals surface area contributed by atoms with Crippen LogP contribution < -0.4 is 11.1 Å². The number of ether oxygens (including phenoxy) is 3. The fourth-order valence-electron chi connectivity index (χ4n) is 4.73. The summed E-state index contributed by atoms with van der Waals surface area (Å²) in [6, 6.07) is 0. The number of nitrogens with zero attached hydrogens (tertiary/aromatic N) is 5. The first-order valence-electron chi connectivity index (χ1n) is 13.3. The zero-order chi connectivity index (χ0) is 28.1. The van der Waals surface area contributed by atoms with Gasteiger partial charge in [0.15, 0.2) is 23.8 Å². The molecule has 0 saturated carbocycles. The number of hydrogen-bond acceptors (Lipinski definition) is 10. The van der Waals surface area contributed by atoms with Crippen molar-refractivity contribution in [1.82, 2.24) is 29.7 Å². The zero-order valence-electron chi connectivity index (χ0n) is 22.8. The van der Waals surface area contributed by atoms with Crippen molar-refractivity contribution >= 4 is 29.0 Å². The number of imidazole rings is 1. The average molecular weight is 544 g/mol. The standard InChI is InChI=1S/C26H37N7O6/c1-5-28-24(35)21-20(37-4)19(34)25(39-21)33-14-29-18-22(27)30-17(31-23(18)33)8-6-7-16-9-11-32(12-10-16)26(36)38-13-15(2)3/h14-16,19-21,25,34H,5,7,9-13H2,1-4H3,(H,28,35)(H2,27,30,31)/t19?,20?,21-,25+/m0/s1. The summed E-state index contributed by atoms with van der Waals surface area (Å²) in [5.74, 6) is 6.75. The molecule has 0 aliphatic carbocycles. The summed E-state index contributed by atoms with van der Waals surface area (Å²) in [6.45, 7) is 7.93. The van der Waals surface area contributed by atoms with Crippen LogP contribution in [0.25, 0.3) is 11.2 Å². The largest absolute Gasteiger partial charge is 0.449 e. The summed E-state index contributed by atoms with van der Waals surface area (Å²) in [6.07, 6.45) is -0.519. The van der Waals surface area contributed by atoms with E-state index in [1.165, 1.54) is 18.0 Å². The average Bonchev–Trinajstić information content (AvgIpc) is 3.48. The fraction of sp³-hybridized carbons (Fsp3) is 0.654. The molecule has 13 heteroatoms. The first kappa shape index (κ1) is 28.5. The summed E-state index contributed by atoms with van der Waals surface area (Å²) in [7, 11) is 1.41. The molecule has 2 fully saturated rings. The molecular weight excluding hydrogens is 506 g/mol. The number of carbonyl (C=O) groups is 2. The van der Waals surface area contributed by atoms with E-state index in [9.17, 15) is 14.7 Å². The van der Waals surface area contributed by atoms with Gasteiger partial charge in [0.1, 0.15) is 17.7 Å². The fourth-order valence-corrected chi connectivity index (χ4v) is 4.73. The Morgan fingerprint density at radius 3 is 2.72 bits per heavy atom. The van der Waals surface area contributed by atoms with Crippen molar-refractivity contribution in [3.8, 4) is 11.8 Å². The minimum atomic E-state index is -1.15. The number of methoxy groups -OCH3 is 1. The summed E-state index contributed by atoms with van der Waals surface area (Å²) in [5.41, 5.74) is 6.80. The van der Waals surface area contributed by atoms with Gasteiger partial charge < -0.3 is 35.3 Å². The lowest BCUT2D eigenvalue weighted by atomic mass is 9.94. The van der Waals surface area contributed by atoms with E-state index >= 15 is 0 Å². The molecule has 0 aromatic carbocycles. The van der Waals surface area contributed by atoms with Crippen LogP contribution in [-0.2, 0) is 19.0 Å². The van der Waals surface area contributed by atoms with E-state index in [2.05, 4.69) is 32.1 Å². The Morgan fingerprint density at radius 2 is 2.05 bits per heavy atom. The van der Waals surface area contributed by atoms with Gasteiger partial charge in [0.25, 0.3) is 5.91 Å². The van der Waals surface area contributed by atoms with Crippen LogP contribution >= 0.6 is 0 Å². The van der Waals surface area contributed by atoms with Crippen LogP contribution in [0.5, 0.6) is 0 Å². The number of rotatable bonds is 7. The number of aliphatic hydroxyl groups excluding tert-OH is 1. The van der Waals surface area contributed by atoms with E-state index in [1.807, 2.05) is 13.8 Å². The Balaban J connectivity index is 1.43. The Morgan fingerprint density at radius 1 is 1.31 bits per heavy atom. The highest BCUT2D eigenvalue weighted by Gasteiger charge is 2.49. The van der Waals surface area contributed by atoms with Crippen molar-refractivity contribution in [3.63, 3.8) is 0 Å². The molecule has 0 bridgehead atoms. The monoisotopic (exact) mass is 543 g/mol. The summed E-state index contributed by atoms with van der Waals surface area (Å²) in [4.78, 5) is 39.4. The second-order valence-electron chi connectivity index (χ2n) is 10.2. The second-order valence-corrected chi connectivity index (χ2v) is 10.2. The molecule has 4 heterocycles. The summed E-state index contributed by atoms with van der Waals surface area (Å²) >= 11 is 0. The lowest BCUT2D eigenvalue weighted by Gasteiger charge is -2.30. The first-order chi connectivity index (χ1) is 18.7. The van der Waals surface area contributed by atoms with Crippen molar-refractivity contribution in [2.24, 2.45) is 11.8 Å². The number of likely N-dealkylation sites (tertiary alicyclic amines) is 1. The number of aliphatic hydroxyl groups is 1. The molecule has 212 valence electrons. The summed E-state index contributed by atoms with van der Waals surface area (Å²) in [5, 5.41) is 13.6. The van der Waals surface area contributed by atoms with Crippen LogP contribution in [0.1, 0.15) is 52.1 Å². The van der Waals surface area contributed by atoms with Gasteiger partial charge in [0.2, 0.25) is 5.82 Å². The second kappa shape index (κ2) is 12.6. The highest BCUT2D eigenvalue weighted by Crippen LogP contribution is 2.33. The van der Waals surface area contributed by atoms with Gasteiger partial charge in [-0.25, -0.2) is 19.7 Å². The van der Waals surface area contributed by atoms with Gasteiger partial charge in [-0.2, -0.15) is 0 Å². The molecule has 13 nitrogen and oxygen atoms in total. The predicted octanol–water partition coefficient (Wildman–Crippen LogP) is 1.06. The van der Waals surface area contributed by atoms with Gasteiger partial charge >= 0.3 is 6.09 Å². The molecule has 2 saturated heterocycles. The van der Waals surface area contributed by atoms with Crippen molar-refractivity contribution in [2.45, 2.75) is 64.6 Å². The first-order valence-corrected chi connectivity index (χ1v) is 13.3. The SMILES string of the molecule is CCNC(=O)[C@H]1O[C@@H](n2cnc3c(N)nc(C#CCC4CCN(C(=O)OCC(C)C)CC4)nc32)C(O)C1OC. The minimum Gasteiger partial charge on any atom is -0.449 e. The Labute approximate surface area is 227 Å². The third kappa shape index (κ3) is 6.41. The number of nitrogen functional groups attached to an aromatic ring is 1. The lowest BCUT2D eigenvalue weighted by molar-refractivity contribution is -0.138. The normalized spacial score (nSPS) is 23.6. The lowest BCUT2D eigenvalue weighted by Crippen LogP contribution is -2.43. The van der Waals surface area contributed by atoms with E-state index < -0.39 is 24.5 Å². The van der Waals surface area contributed by atoms with Crippen molar-refractivity contribution in [3.05, 3.63) is 12.2 Å². The number of piperidine rings is 1. The number of nitrogens with two attached hydrogens (primary N) is 1. The minimum absolute atomic E-state index is 0.146. The Kier molecular flexibility index (Phi) is 9.21. The Hall–Kier alpha value is -3.47. The Bertz CT molecular complexity index is 1230. The maximum absolute atomic E-state index is 12.5. The number of amides is 2. The van der Waals surface area contributed by atoms with Crippen LogP contribution in [0.4, 0.5) is 10.6 Å². The van der Waals surface area contributed by atoms with Gasteiger partial charge in [-0.3, -0.25) is 9.36 Å². The molecule has 2 aromatic rings. The van der Waals surface area contributed by atoms with E-state index in [-0.39, 0.29) is 23.6 Å². The maximum atomic E-state index is 12.5. The summed E-state index contributed by atoms with van der Waals surface area (Å²) < 4.78 is 18.1. The number of likely N-dealkylation sites (N-methyl/N-ethyl adjacent to an activating group) is 1. The van der Waals surface area contributed by atoms with Crippen LogP contribution in [-0.4, -0.2) is 93.2 Å². The quantitative estimate of drug-likeness (QED) is 0.430. The highest BCUT2D eigenvalue weighted by atomic mass is 16.6. The number of carbonyl (C=O) groups excluding carboxylic acids is 2. The third-order valence-electron chi connectivity index (χ3n) is 6.82. The van der Waals surface area contributed by atoms with Gasteiger partial charge in [-0.1, -0.05) is 19.8 Å². The molecule has 2 amide bonds. The number of hydrogen-bond donors (Lipinski definition) is 3. The van der Waals surface area contributed by atoms with Gasteiger partial charge in [0.05, 0.1) is 12.9 Å². The van der Waals surface area contributed by atoms with Crippen molar-refractivity contribution in [1.29, 1.82) is 0 Å². The molecule has 39 heavy (non-hydrogen) atoms. The molecule has 2 aliphatic rings. The predicted molar refractivity (Wildman–Crippen MR) is 141 cm³/mol. The topological polar surface area (TPSA) is 167 Å². The number of nitrogens with one attached hydrogen (secondary N) is 1. The number of aromatic nitrogens is 4. The van der Waals surface area contributed by atoms with Gasteiger partial charge in [-0.15, -0.1) is 0 Å². The molecule has 2 aromatic heterocycles. The molecule has 2 aliphatic heterocycles. The molecule has 4 N–H and O–H groups in total. The van der Waals surface area contributed by atoms with Crippen molar-refractivity contribution in [2.75, 3.05) is 39.1 Å². The molecule has 2 unspecified atom stereocenters. The maximum Gasteiger partial charge on any atom is 0.409 e. The molecule has 4 rings (SSSR count). The third-order valence-corrected chi connectivity index (χ3v) is 6.82. The van der Waals surface area contributed by atoms with E-state index in [0.29, 0.717) is 55.7 Å². The van der Waals surface area contributed by atoms with Crippen LogP contribution in [0.3, 0.4) is 0 Å². The van der Waals surface area contributed by atoms with E-state index in [1.54, 1.807) is 11.8 Å². The number of anilines is 1. The number of fused-ring (bicyclic) bond motifs is 1. The molecule has 0 spiro atoms. The van der Waals surface area contributed by atoms with Gasteiger partial charge in [0, 0.05) is 33.2 Å². The smallest absolute Gasteiger partial charge is 0.409 e. The van der Waals surface area contributed by atoms with Crippen LogP contribution in [0.2, 0.25) is 0 Å². The molecular formula is C26H37N7O6. The van der Waals surface area contributed by atoms with Crippen molar-refractivity contribution < 1.29 is 28.9 Å². The molecule has 0 radical (unpaired) electrons. The zero-order valence-corrected chi connectivity index (χ0v) is 22.8.